The van der Waals surface area contributed by atoms with E-state index in [1.807, 2.05) is 12.1 Å². The Kier molecular flexibility index (Phi) is 5.85. The molecule has 1 aliphatic carbocycles. The lowest BCUT2D eigenvalue weighted by Crippen LogP contribution is -2.28. The minimum absolute atomic E-state index is 0.0346. The van der Waals surface area contributed by atoms with Gasteiger partial charge in [-0.1, -0.05) is 85.0 Å². The fraction of sp³-hybridized carbons (Fsp3) is 0.105. The number of aromatic nitrogens is 1. The van der Waals surface area contributed by atoms with E-state index in [9.17, 15) is 10.2 Å². The van der Waals surface area contributed by atoms with E-state index in [4.69, 9.17) is 0 Å². The Morgan fingerprint density at radius 2 is 1.21 bits per heavy atom. The molecule has 2 unspecified atom stereocenters. The number of anilines is 2. The summed E-state index contributed by atoms with van der Waals surface area (Å²) in [7, 11) is 0. The van der Waals surface area contributed by atoms with Gasteiger partial charge in [0.2, 0.25) is 0 Å². The van der Waals surface area contributed by atoms with Crippen LogP contribution >= 0.6 is 0 Å². The van der Waals surface area contributed by atoms with Gasteiger partial charge in [-0.15, -0.1) is 0 Å². The van der Waals surface area contributed by atoms with Crippen molar-refractivity contribution >= 4 is 33.2 Å². The number of hydrogen-bond acceptors (Lipinski definition) is 3. The zero-order valence-electron chi connectivity index (χ0n) is 23.1. The van der Waals surface area contributed by atoms with Crippen molar-refractivity contribution in [2.24, 2.45) is 0 Å². The van der Waals surface area contributed by atoms with E-state index in [1.54, 1.807) is 0 Å². The van der Waals surface area contributed by atoms with Gasteiger partial charge in [-0.3, -0.25) is 0 Å². The summed E-state index contributed by atoms with van der Waals surface area (Å²) in [5.74, 6) is 0.278. The second kappa shape index (κ2) is 9.88. The number of allylic oxidation sites excluding steroid dienone is 2. The molecule has 2 aliphatic rings. The molecule has 0 spiro atoms. The van der Waals surface area contributed by atoms with Crippen molar-refractivity contribution in [3.05, 3.63) is 150 Å². The second-order valence-corrected chi connectivity index (χ2v) is 11.2. The molecule has 42 heavy (non-hydrogen) atoms. The Morgan fingerprint density at radius 1 is 0.571 bits per heavy atom. The molecule has 4 nitrogen and oxygen atoms in total. The summed E-state index contributed by atoms with van der Waals surface area (Å²) in [4.78, 5) is 2.42. The molecule has 8 rings (SSSR count). The van der Waals surface area contributed by atoms with Gasteiger partial charge in [0.1, 0.15) is 0 Å². The van der Waals surface area contributed by atoms with Gasteiger partial charge < -0.3 is 19.7 Å². The predicted molar refractivity (Wildman–Crippen MR) is 171 cm³/mol. The number of nitrogens with zero attached hydrogens (tertiary/aromatic N) is 2. The molecule has 0 bridgehead atoms. The van der Waals surface area contributed by atoms with E-state index in [0.29, 0.717) is 0 Å². The van der Waals surface area contributed by atoms with E-state index < -0.39 is 0 Å². The number of aliphatic hydroxyl groups is 2. The number of benzene rings is 5. The first-order valence-electron chi connectivity index (χ1n) is 14.5. The van der Waals surface area contributed by atoms with E-state index in [2.05, 4.69) is 131 Å². The third-order valence-corrected chi connectivity index (χ3v) is 8.82. The fourth-order valence-electron chi connectivity index (χ4n) is 6.80. The van der Waals surface area contributed by atoms with Crippen LogP contribution in [0.5, 0.6) is 0 Å². The molecular weight excluding hydrogens is 516 g/mol. The van der Waals surface area contributed by atoms with E-state index in [-0.39, 0.29) is 25.2 Å². The van der Waals surface area contributed by atoms with Crippen molar-refractivity contribution in [3.63, 3.8) is 0 Å². The Bertz CT molecular complexity index is 2020. The van der Waals surface area contributed by atoms with Gasteiger partial charge in [-0.2, -0.15) is 0 Å². The summed E-state index contributed by atoms with van der Waals surface area (Å²) >= 11 is 0. The maximum Gasteiger partial charge on any atom is 0.0682 e. The van der Waals surface area contributed by atoms with Gasteiger partial charge in [0, 0.05) is 33.8 Å². The van der Waals surface area contributed by atoms with Gasteiger partial charge in [0.05, 0.1) is 30.3 Å². The molecule has 0 amide bonds. The SMILES string of the molecule is OCc1ccc2c(c1)C1C=CC=CC1N2c1ccc(-c2ccc(-n3c4ccccc4c4cc(CO)ccc43)cc2)cc1. The maximum atomic E-state index is 9.71. The Balaban J connectivity index is 1.13. The Morgan fingerprint density at radius 3 is 1.98 bits per heavy atom. The summed E-state index contributed by atoms with van der Waals surface area (Å²) in [6.07, 6.45) is 8.79. The zero-order chi connectivity index (χ0) is 28.2. The lowest BCUT2D eigenvalue weighted by Gasteiger charge is -2.28. The maximum absolute atomic E-state index is 9.71. The van der Waals surface area contributed by atoms with Crippen molar-refractivity contribution < 1.29 is 10.2 Å². The summed E-state index contributed by atoms with van der Waals surface area (Å²) in [6, 6.07) is 38.8. The molecule has 2 heterocycles. The third kappa shape index (κ3) is 3.84. The van der Waals surface area contributed by atoms with Crippen molar-refractivity contribution in [3.8, 4) is 16.8 Å². The molecule has 204 valence electrons. The molecule has 0 radical (unpaired) electrons. The van der Waals surface area contributed by atoms with Crippen molar-refractivity contribution in [1.82, 2.24) is 4.57 Å². The van der Waals surface area contributed by atoms with Crippen LogP contribution < -0.4 is 4.90 Å². The van der Waals surface area contributed by atoms with Crippen molar-refractivity contribution in [1.29, 1.82) is 0 Å². The van der Waals surface area contributed by atoms with E-state index >= 15 is 0 Å². The minimum atomic E-state index is 0.0346. The topological polar surface area (TPSA) is 48.6 Å². The van der Waals surface area contributed by atoms with Crippen LogP contribution in [0.15, 0.2) is 133 Å². The van der Waals surface area contributed by atoms with Crippen LogP contribution in [0.3, 0.4) is 0 Å². The quantitative estimate of drug-likeness (QED) is 0.229. The second-order valence-electron chi connectivity index (χ2n) is 11.2. The molecule has 4 heteroatoms. The lowest BCUT2D eigenvalue weighted by atomic mass is 9.90. The van der Waals surface area contributed by atoms with Crippen LogP contribution in [0, 0.1) is 0 Å². The summed E-state index contributed by atoms with van der Waals surface area (Å²) in [6.45, 7) is 0.0893. The predicted octanol–water partition coefficient (Wildman–Crippen LogP) is 8.17. The third-order valence-electron chi connectivity index (χ3n) is 8.82. The Labute approximate surface area is 244 Å². The number of rotatable bonds is 5. The largest absolute Gasteiger partial charge is 0.392 e. The molecule has 2 N–H and O–H groups in total. The molecule has 1 aliphatic heterocycles. The first-order valence-corrected chi connectivity index (χ1v) is 14.5. The molecule has 0 saturated heterocycles. The van der Waals surface area contributed by atoms with Crippen LogP contribution in [-0.2, 0) is 13.2 Å². The number of aliphatic hydroxyl groups excluding tert-OH is 2. The molecule has 0 fully saturated rings. The minimum Gasteiger partial charge on any atom is -0.392 e. The number of hydrogen-bond donors (Lipinski definition) is 2. The van der Waals surface area contributed by atoms with Crippen LogP contribution in [0.2, 0.25) is 0 Å². The first kappa shape index (κ1) is 24.9. The lowest BCUT2D eigenvalue weighted by molar-refractivity contribution is 0.281. The molecule has 2 atom stereocenters. The molecule has 5 aromatic carbocycles. The standard InChI is InChI=1S/C38H30N2O2/c41-23-25-9-19-37-33(21-25)31-5-1-3-7-35(31)39(37)29-15-11-27(12-16-29)28-13-17-30(18-14-28)40-36-8-4-2-6-32(36)34-22-26(24-42)10-20-38(34)40/h1-22,31,35,41-42H,23-24H2. The highest BCUT2D eigenvalue weighted by molar-refractivity contribution is 6.09. The van der Waals surface area contributed by atoms with E-state index in [1.165, 1.54) is 27.8 Å². The molecule has 6 aromatic rings. The smallest absolute Gasteiger partial charge is 0.0682 e. The van der Waals surface area contributed by atoms with Crippen LogP contribution in [0.25, 0.3) is 38.6 Å². The number of fused-ring (bicyclic) bond motifs is 6. The van der Waals surface area contributed by atoms with Crippen molar-refractivity contribution in [2.45, 2.75) is 25.2 Å². The summed E-state index contributed by atoms with van der Waals surface area (Å²) in [5.41, 5.74) is 11.2. The highest BCUT2D eigenvalue weighted by atomic mass is 16.3. The summed E-state index contributed by atoms with van der Waals surface area (Å²) in [5, 5.41) is 21.8. The molecule has 0 saturated carbocycles. The van der Waals surface area contributed by atoms with Gasteiger partial charge >= 0.3 is 0 Å². The monoisotopic (exact) mass is 546 g/mol. The average Bonchev–Trinajstić information content (AvgIpc) is 3.57. The molecule has 1 aromatic heterocycles. The van der Waals surface area contributed by atoms with Crippen LogP contribution in [-0.4, -0.2) is 20.8 Å². The van der Waals surface area contributed by atoms with Crippen LogP contribution in [0.1, 0.15) is 22.6 Å². The number of para-hydroxylation sites is 1. The Hall–Kier alpha value is -4.90. The van der Waals surface area contributed by atoms with Gasteiger partial charge in [-0.05, 0) is 76.3 Å². The average molecular weight is 547 g/mol. The highest BCUT2D eigenvalue weighted by Gasteiger charge is 2.37. The van der Waals surface area contributed by atoms with Gasteiger partial charge in [-0.25, -0.2) is 0 Å². The fourth-order valence-corrected chi connectivity index (χ4v) is 6.80. The van der Waals surface area contributed by atoms with E-state index in [0.717, 1.165) is 38.9 Å². The first-order chi connectivity index (χ1) is 20.7. The van der Waals surface area contributed by atoms with Gasteiger partial charge in [0.25, 0.3) is 0 Å². The van der Waals surface area contributed by atoms with Gasteiger partial charge in [0.15, 0.2) is 0 Å². The summed E-state index contributed by atoms with van der Waals surface area (Å²) < 4.78 is 2.30. The highest BCUT2D eigenvalue weighted by Crippen LogP contribution is 2.48. The zero-order valence-corrected chi connectivity index (χ0v) is 23.1. The van der Waals surface area contributed by atoms with Crippen molar-refractivity contribution in [2.75, 3.05) is 4.90 Å². The normalized spacial score (nSPS) is 17.2. The van der Waals surface area contributed by atoms with Crippen LogP contribution in [0.4, 0.5) is 11.4 Å². The molecular formula is C38H30N2O2.